The van der Waals surface area contributed by atoms with Crippen LogP contribution in [0.1, 0.15) is 81.6 Å². The lowest BCUT2D eigenvalue weighted by Crippen LogP contribution is -2.52. The van der Waals surface area contributed by atoms with Crippen LogP contribution in [0.2, 0.25) is 0 Å². The summed E-state index contributed by atoms with van der Waals surface area (Å²) in [7, 11) is 0. The van der Waals surface area contributed by atoms with Gasteiger partial charge in [-0.15, -0.1) is 0 Å². The first-order chi connectivity index (χ1) is 22.4. The smallest absolute Gasteiger partial charge is 0.410 e. The van der Waals surface area contributed by atoms with Gasteiger partial charge in [0.1, 0.15) is 11.6 Å². The number of hydrogen-bond acceptors (Lipinski definition) is 10. The van der Waals surface area contributed by atoms with Crippen LogP contribution in [0.4, 0.5) is 10.5 Å². The van der Waals surface area contributed by atoms with Crippen molar-refractivity contribution in [2.45, 2.75) is 96.0 Å². The maximum Gasteiger partial charge on any atom is 0.410 e. The van der Waals surface area contributed by atoms with E-state index < -0.39 is 17.6 Å². The number of fused-ring (bicyclic) bond motifs is 1. The number of amides is 5. The molecule has 1 saturated heterocycles. The average molecular weight is 660 g/mol. The Kier molecular flexibility index (Phi) is 13.1. The minimum Gasteiger partial charge on any atom is -0.444 e. The van der Waals surface area contributed by atoms with Gasteiger partial charge in [-0.1, -0.05) is 0 Å². The first-order valence-corrected chi connectivity index (χ1v) is 16.5. The number of carbonyl (C=O) groups is 5. The van der Waals surface area contributed by atoms with E-state index in [-0.39, 0.29) is 61.9 Å². The number of nitrogens with two attached hydrogens (primary N) is 1. The van der Waals surface area contributed by atoms with Gasteiger partial charge < -0.3 is 39.8 Å². The molecule has 14 nitrogen and oxygen atoms in total. The van der Waals surface area contributed by atoms with Gasteiger partial charge in [-0.25, -0.2) is 4.79 Å². The molecule has 5 amide bonds. The highest BCUT2D eigenvalue weighted by Gasteiger charge is 2.39. The molecule has 2 fully saturated rings. The Balaban J connectivity index is 1.05. The van der Waals surface area contributed by atoms with E-state index in [1.807, 2.05) is 20.8 Å². The molecule has 0 aromatic heterocycles. The second-order valence-corrected chi connectivity index (χ2v) is 13.1. The standard InChI is InChI=1S/C33H49N5O9/c1-33(2,3)47-32(43)37(25-7-4-23(34)5-8-25)13-15-45-17-19-46-18-16-44-14-12-29(40)35-24-6-9-26-22(20-24)21-38(31(26)42)27-10-11-28(39)36-30(27)41/h6,9,20,23,25,27H,4-5,7-8,10-19,21,34H2,1-3H3,(H,35,40)(H,36,39,41). The van der Waals surface area contributed by atoms with E-state index >= 15 is 0 Å². The van der Waals surface area contributed by atoms with E-state index in [9.17, 15) is 24.0 Å². The largest absolute Gasteiger partial charge is 0.444 e. The molecule has 4 rings (SSSR count). The van der Waals surface area contributed by atoms with Gasteiger partial charge in [0.05, 0.1) is 46.1 Å². The molecule has 1 aromatic rings. The number of imide groups is 1. The molecule has 0 spiro atoms. The summed E-state index contributed by atoms with van der Waals surface area (Å²) in [5.41, 5.74) is 7.21. The summed E-state index contributed by atoms with van der Waals surface area (Å²) in [6.45, 7) is 8.23. The minimum atomic E-state index is -0.687. The van der Waals surface area contributed by atoms with Crippen LogP contribution in [0.3, 0.4) is 0 Å². The molecule has 47 heavy (non-hydrogen) atoms. The van der Waals surface area contributed by atoms with Crippen molar-refractivity contribution >= 4 is 35.4 Å². The molecule has 260 valence electrons. The van der Waals surface area contributed by atoms with Crippen molar-refractivity contribution in [3.63, 3.8) is 0 Å². The van der Waals surface area contributed by atoms with Gasteiger partial charge in [0.15, 0.2) is 0 Å². The Morgan fingerprint density at radius 3 is 2.28 bits per heavy atom. The van der Waals surface area contributed by atoms with E-state index in [1.165, 1.54) is 4.90 Å². The first-order valence-electron chi connectivity index (χ1n) is 16.5. The van der Waals surface area contributed by atoms with Crippen molar-refractivity contribution in [1.29, 1.82) is 0 Å². The highest BCUT2D eigenvalue weighted by molar-refractivity contribution is 6.05. The molecule has 4 N–H and O–H groups in total. The average Bonchev–Trinajstić information content (AvgIpc) is 3.32. The minimum absolute atomic E-state index is 0.0978. The number of piperidine rings is 1. The van der Waals surface area contributed by atoms with Crippen molar-refractivity contribution in [2.75, 3.05) is 51.5 Å². The van der Waals surface area contributed by atoms with Crippen LogP contribution in [0, 0.1) is 0 Å². The van der Waals surface area contributed by atoms with Crippen LogP contribution in [-0.2, 0) is 39.9 Å². The summed E-state index contributed by atoms with van der Waals surface area (Å²) in [6, 6.07) is 4.62. The van der Waals surface area contributed by atoms with E-state index in [0.717, 1.165) is 25.7 Å². The summed E-state index contributed by atoms with van der Waals surface area (Å²) in [6.07, 6.45) is 3.78. The van der Waals surface area contributed by atoms with Crippen molar-refractivity contribution in [2.24, 2.45) is 5.73 Å². The second-order valence-electron chi connectivity index (χ2n) is 13.1. The Morgan fingerprint density at radius 1 is 0.957 bits per heavy atom. The van der Waals surface area contributed by atoms with Gasteiger partial charge in [0.2, 0.25) is 17.7 Å². The Morgan fingerprint density at radius 2 is 1.62 bits per heavy atom. The third-order valence-electron chi connectivity index (χ3n) is 8.31. The van der Waals surface area contributed by atoms with Crippen LogP contribution < -0.4 is 16.4 Å². The number of anilines is 1. The van der Waals surface area contributed by atoms with Crippen molar-refractivity contribution in [3.8, 4) is 0 Å². The molecule has 0 bridgehead atoms. The predicted octanol–water partition coefficient (Wildman–Crippen LogP) is 2.33. The van der Waals surface area contributed by atoms with Crippen LogP contribution in [0.15, 0.2) is 18.2 Å². The van der Waals surface area contributed by atoms with E-state index in [4.69, 9.17) is 24.7 Å². The predicted molar refractivity (Wildman–Crippen MR) is 171 cm³/mol. The monoisotopic (exact) mass is 659 g/mol. The summed E-state index contributed by atoms with van der Waals surface area (Å²) < 4.78 is 22.4. The van der Waals surface area contributed by atoms with Gasteiger partial charge in [0, 0.05) is 42.8 Å². The SMILES string of the molecule is CC(C)(C)OC(=O)N(CCOCCOCCOCCC(=O)Nc1ccc2c(c1)CN(C1CCC(=O)NC1=O)C2=O)C1CCC(N)CC1. The van der Waals surface area contributed by atoms with E-state index in [1.54, 1.807) is 23.1 Å². The second kappa shape index (κ2) is 17.0. The number of rotatable bonds is 15. The molecular formula is C33H49N5O9. The fraction of sp³-hybridized carbons (Fsp3) is 0.667. The zero-order valence-corrected chi connectivity index (χ0v) is 27.7. The topological polar surface area (TPSA) is 179 Å². The third-order valence-corrected chi connectivity index (χ3v) is 8.31. The molecule has 0 radical (unpaired) electrons. The fourth-order valence-corrected chi connectivity index (χ4v) is 5.90. The quantitative estimate of drug-likeness (QED) is 0.187. The first kappa shape index (κ1) is 36.2. The van der Waals surface area contributed by atoms with Gasteiger partial charge >= 0.3 is 6.09 Å². The lowest BCUT2D eigenvalue weighted by Gasteiger charge is -2.37. The van der Waals surface area contributed by atoms with Crippen molar-refractivity contribution in [3.05, 3.63) is 29.3 Å². The normalized spacial score (nSPS) is 21.3. The Bertz CT molecular complexity index is 1280. The summed E-state index contributed by atoms with van der Waals surface area (Å²) >= 11 is 0. The van der Waals surface area contributed by atoms with E-state index in [2.05, 4.69) is 10.6 Å². The fourth-order valence-electron chi connectivity index (χ4n) is 5.90. The zero-order valence-electron chi connectivity index (χ0n) is 27.7. The molecule has 1 aliphatic carbocycles. The number of benzene rings is 1. The number of ether oxygens (including phenoxy) is 4. The van der Waals surface area contributed by atoms with Gasteiger partial charge in [0.25, 0.3) is 5.91 Å². The van der Waals surface area contributed by atoms with Crippen LogP contribution in [-0.4, -0.2) is 109 Å². The molecular weight excluding hydrogens is 610 g/mol. The summed E-state index contributed by atoms with van der Waals surface area (Å²) in [5.74, 6) is -1.30. The maximum absolute atomic E-state index is 12.8. The molecule has 2 heterocycles. The lowest BCUT2D eigenvalue weighted by atomic mass is 9.91. The van der Waals surface area contributed by atoms with Gasteiger partial charge in [-0.05, 0) is 76.6 Å². The molecule has 1 aromatic carbocycles. The van der Waals surface area contributed by atoms with Crippen LogP contribution >= 0.6 is 0 Å². The van der Waals surface area contributed by atoms with E-state index in [0.29, 0.717) is 62.8 Å². The molecule has 14 heteroatoms. The summed E-state index contributed by atoms with van der Waals surface area (Å²) in [4.78, 5) is 65.0. The Labute approximate surface area is 275 Å². The molecule has 3 aliphatic rings. The van der Waals surface area contributed by atoms with Crippen LogP contribution in [0.5, 0.6) is 0 Å². The maximum atomic E-state index is 12.8. The number of hydrogen-bond donors (Lipinski definition) is 3. The number of nitrogens with one attached hydrogen (secondary N) is 2. The summed E-state index contributed by atoms with van der Waals surface area (Å²) in [5, 5.41) is 5.10. The number of nitrogens with zero attached hydrogens (tertiary/aromatic N) is 2. The lowest BCUT2D eigenvalue weighted by molar-refractivity contribution is -0.137. The third kappa shape index (κ3) is 11.0. The molecule has 1 unspecified atom stereocenters. The highest BCUT2D eigenvalue weighted by Crippen LogP contribution is 2.29. The number of carbonyl (C=O) groups excluding carboxylic acids is 5. The zero-order chi connectivity index (χ0) is 34.0. The van der Waals surface area contributed by atoms with Gasteiger partial charge in [-0.3, -0.25) is 24.5 Å². The van der Waals surface area contributed by atoms with Crippen LogP contribution in [0.25, 0.3) is 0 Å². The van der Waals surface area contributed by atoms with Crippen molar-refractivity contribution in [1.82, 2.24) is 15.1 Å². The molecule has 1 saturated carbocycles. The van der Waals surface area contributed by atoms with Crippen molar-refractivity contribution < 1.29 is 42.9 Å². The highest BCUT2D eigenvalue weighted by atomic mass is 16.6. The molecule has 2 aliphatic heterocycles. The van der Waals surface area contributed by atoms with Gasteiger partial charge in [-0.2, -0.15) is 0 Å². The Hall–Kier alpha value is -3.59. The molecule has 1 atom stereocenters.